The van der Waals surface area contributed by atoms with Crippen LogP contribution in [0.15, 0.2) is 12.1 Å². The predicted molar refractivity (Wildman–Crippen MR) is 82.4 cm³/mol. The van der Waals surface area contributed by atoms with Gasteiger partial charge in [0.1, 0.15) is 0 Å². The summed E-state index contributed by atoms with van der Waals surface area (Å²) in [5.74, 6) is -1.20. The average molecular weight is 331 g/mol. The highest BCUT2D eigenvalue weighted by molar-refractivity contribution is 6.37. The minimum Gasteiger partial charge on any atom is -0.478 e. The fourth-order valence-electron chi connectivity index (χ4n) is 2.34. The minimum absolute atomic E-state index is 0.0662. The second kappa shape index (κ2) is 5.73. The molecule has 0 aromatic heterocycles. The predicted octanol–water partition coefficient (Wildman–Crippen LogP) is 3.96. The molecule has 0 unspecified atom stereocenters. The van der Waals surface area contributed by atoms with E-state index in [-0.39, 0.29) is 32.7 Å². The van der Waals surface area contributed by atoms with Crippen LogP contribution in [0.3, 0.4) is 0 Å². The van der Waals surface area contributed by atoms with Crippen LogP contribution in [-0.2, 0) is 0 Å². The van der Waals surface area contributed by atoms with Crippen molar-refractivity contribution < 1.29 is 14.7 Å². The van der Waals surface area contributed by atoms with Gasteiger partial charge >= 0.3 is 12.0 Å². The van der Waals surface area contributed by atoms with E-state index in [1.54, 1.807) is 4.90 Å². The average Bonchev–Trinajstić information content (AvgIpc) is 2.72. The Hall–Kier alpha value is -1.46. The summed E-state index contributed by atoms with van der Waals surface area (Å²) >= 11 is 11.8. The van der Waals surface area contributed by atoms with Crippen molar-refractivity contribution in [1.82, 2.24) is 4.90 Å². The van der Waals surface area contributed by atoms with Crippen molar-refractivity contribution in [3.63, 3.8) is 0 Å². The Balaban J connectivity index is 2.24. The molecule has 1 aromatic rings. The number of carboxylic acid groups (broad SMARTS) is 1. The van der Waals surface area contributed by atoms with Gasteiger partial charge in [0.15, 0.2) is 0 Å². The molecule has 2 amide bonds. The SMILES string of the molecule is CC1(C)CCN(C(=O)Nc2c(Cl)cc(Cl)cc2C(=O)O)C1. The number of halogens is 2. The van der Waals surface area contributed by atoms with Crippen LogP contribution in [0.1, 0.15) is 30.6 Å². The third-order valence-electron chi connectivity index (χ3n) is 3.48. The largest absolute Gasteiger partial charge is 0.478 e. The number of anilines is 1. The molecule has 1 aliphatic rings. The molecule has 0 saturated carbocycles. The van der Waals surface area contributed by atoms with Gasteiger partial charge in [-0.1, -0.05) is 37.0 Å². The molecule has 0 atom stereocenters. The van der Waals surface area contributed by atoms with Crippen LogP contribution in [0, 0.1) is 5.41 Å². The van der Waals surface area contributed by atoms with Gasteiger partial charge in [0, 0.05) is 18.1 Å². The maximum Gasteiger partial charge on any atom is 0.337 e. The Kier molecular flexibility index (Phi) is 4.35. The molecule has 1 fully saturated rings. The lowest BCUT2D eigenvalue weighted by atomic mass is 9.93. The lowest BCUT2D eigenvalue weighted by Crippen LogP contribution is -2.34. The Morgan fingerprint density at radius 2 is 2.00 bits per heavy atom. The minimum atomic E-state index is -1.20. The van der Waals surface area contributed by atoms with Gasteiger partial charge in [0.25, 0.3) is 0 Å². The number of hydrogen-bond acceptors (Lipinski definition) is 2. The van der Waals surface area contributed by atoms with E-state index < -0.39 is 5.97 Å². The summed E-state index contributed by atoms with van der Waals surface area (Å²) in [6.07, 6.45) is 0.903. The van der Waals surface area contributed by atoms with Crippen LogP contribution in [0.25, 0.3) is 0 Å². The summed E-state index contributed by atoms with van der Waals surface area (Å²) in [6, 6.07) is 2.31. The molecule has 1 aliphatic heterocycles. The number of carbonyl (C=O) groups excluding carboxylic acids is 1. The summed E-state index contributed by atoms with van der Waals surface area (Å²) in [5.41, 5.74) is 0.0131. The van der Waals surface area contributed by atoms with E-state index in [2.05, 4.69) is 19.2 Å². The van der Waals surface area contributed by atoms with E-state index in [9.17, 15) is 14.7 Å². The summed E-state index contributed by atoms with van der Waals surface area (Å²) in [7, 11) is 0. The van der Waals surface area contributed by atoms with Gasteiger partial charge in [0.05, 0.1) is 16.3 Å². The number of hydrogen-bond donors (Lipinski definition) is 2. The monoisotopic (exact) mass is 330 g/mol. The summed E-state index contributed by atoms with van der Waals surface area (Å²) in [4.78, 5) is 25.1. The normalized spacial score (nSPS) is 16.9. The lowest BCUT2D eigenvalue weighted by Gasteiger charge is -2.21. The molecule has 2 N–H and O–H groups in total. The standard InChI is InChI=1S/C14H16Cl2N2O3/c1-14(2)3-4-18(7-14)13(21)17-11-9(12(19)20)5-8(15)6-10(11)16/h5-6H,3-4,7H2,1-2H3,(H,17,21)(H,19,20). The molecule has 1 saturated heterocycles. The van der Waals surface area contributed by atoms with Gasteiger partial charge in [-0.05, 0) is 24.0 Å². The zero-order chi connectivity index (χ0) is 15.8. The van der Waals surface area contributed by atoms with Crippen LogP contribution in [-0.4, -0.2) is 35.1 Å². The molecule has 7 heteroatoms. The number of aromatic carboxylic acids is 1. The summed E-state index contributed by atoms with van der Waals surface area (Å²) in [6.45, 7) is 5.41. The molecule has 0 spiro atoms. The molecule has 1 heterocycles. The smallest absolute Gasteiger partial charge is 0.337 e. The number of nitrogens with zero attached hydrogens (tertiary/aromatic N) is 1. The van der Waals surface area contributed by atoms with Crippen molar-refractivity contribution >= 4 is 40.9 Å². The van der Waals surface area contributed by atoms with Crippen molar-refractivity contribution in [2.45, 2.75) is 20.3 Å². The Morgan fingerprint density at radius 3 is 2.52 bits per heavy atom. The maximum atomic E-state index is 12.2. The van der Waals surface area contributed by atoms with Gasteiger partial charge in [-0.25, -0.2) is 9.59 Å². The number of amides is 2. The highest BCUT2D eigenvalue weighted by atomic mass is 35.5. The first-order chi connectivity index (χ1) is 9.69. The Bertz CT molecular complexity index is 602. The van der Waals surface area contributed by atoms with Crippen molar-refractivity contribution in [2.75, 3.05) is 18.4 Å². The first-order valence-corrected chi connectivity index (χ1v) is 7.23. The second-order valence-electron chi connectivity index (χ2n) is 5.88. The summed E-state index contributed by atoms with van der Waals surface area (Å²) < 4.78 is 0. The number of carboxylic acids is 1. The van der Waals surface area contributed by atoms with Crippen molar-refractivity contribution in [3.05, 3.63) is 27.7 Å². The van der Waals surface area contributed by atoms with Crippen molar-refractivity contribution in [1.29, 1.82) is 0 Å². The number of urea groups is 1. The number of nitrogens with one attached hydrogen (secondary N) is 1. The fraction of sp³-hybridized carbons (Fsp3) is 0.429. The van der Waals surface area contributed by atoms with Crippen molar-refractivity contribution in [2.24, 2.45) is 5.41 Å². The van der Waals surface area contributed by atoms with Crippen LogP contribution in [0.4, 0.5) is 10.5 Å². The van der Waals surface area contributed by atoms with Gasteiger partial charge in [0.2, 0.25) is 0 Å². The molecular formula is C14H16Cl2N2O3. The van der Waals surface area contributed by atoms with E-state index in [1.807, 2.05) is 0 Å². The molecule has 0 radical (unpaired) electrons. The topological polar surface area (TPSA) is 69.6 Å². The van der Waals surface area contributed by atoms with Gasteiger partial charge in [-0.2, -0.15) is 0 Å². The first kappa shape index (κ1) is 15.9. The second-order valence-corrected chi connectivity index (χ2v) is 6.72. The van der Waals surface area contributed by atoms with Crippen LogP contribution in [0.2, 0.25) is 10.0 Å². The van der Waals surface area contributed by atoms with Gasteiger partial charge < -0.3 is 15.3 Å². The van der Waals surface area contributed by atoms with Crippen molar-refractivity contribution in [3.8, 4) is 0 Å². The third kappa shape index (κ3) is 3.60. The van der Waals surface area contributed by atoms with Crippen LogP contribution < -0.4 is 5.32 Å². The zero-order valence-electron chi connectivity index (χ0n) is 11.7. The quantitative estimate of drug-likeness (QED) is 0.862. The first-order valence-electron chi connectivity index (χ1n) is 6.48. The highest BCUT2D eigenvalue weighted by Crippen LogP contribution is 2.32. The van der Waals surface area contributed by atoms with Crippen LogP contribution in [0.5, 0.6) is 0 Å². The number of benzene rings is 1. The maximum absolute atomic E-state index is 12.2. The highest BCUT2D eigenvalue weighted by Gasteiger charge is 2.32. The molecule has 21 heavy (non-hydrogen) atoms. The zero-order valence-corrected chi connectivity index (χ0v) is 13.3. The lowest BCUT2D eigenvalue weighted by molar-refractivity contribution is 0.0698. The number of carbonyl (C=O) groups is 2. The Morgan fingerprint density at radius 1 is 1.33 bits per heavy atom. The molecule has 114 valence electrons. The van der Waals surface area contributed by atoms with E-state index in [0.717, 1.165) is 6.42 Å². The summed E-state index contributed by atoms with van der Waals surface area (Å²) in [5, 5.41) is 12.1. The van der Waals surface area contributed by atoms with Crippen LogP contribution >= 0.6 is 23.2 Å². The van der Waals surface area contributed by atoms with E-state index >= 15 is 0 Å². The molecule has 5 nitrogen and oxygen atoms in total. The molecule has 2 rings (SSSR count). The van der Waals surface area contributed by atoms with E-state index in [1.165, 1.54) is 12.1 Å². The number of likely N-dealkylation sites (tertiary alicyclic amines) is 1. The molecule has 1 aromatic carbocycles. The van der Waals surface area contributed by atoms with E-state index in [0.29, 0.717) is 13.1 Å². The molecule has 0 bridgehead atoms. The van der Waals surface area contributed by atoms with Gasteiger partial charge in [-0.3, -0.25) is 0 Å². The third-order valence-corrected chi connectivity index (χ3v) is 4.00. The van der Waals surface area contributed by atoms with Gasteiger partial charge in [-0.15, -0.1) is 0 Å². The molecule has 0 aliphatic carbocycles. The fourth-order valence-corrected chi connectivity index (χ4v) is 2.88. The molecular weight excluding hydrogens is 315 g/mol. The number of rotatable bonds is 2. The van der Waals surface area contributed by atoms with E-state index in [4.69, 9.17) is 23.2 Å². The Labute approximate surface area is 132 Å².